The van der Waals surface area contributed by atoms with Crippen LogP contribution in [0.15, 0.2) is 80.4 Å². The summed E-state index contributed by atoms with van der Waals surface area (Å²) in [7, 11) is 1.71. The first-order valence-corrected chi connectivity index (χ1v) is 10.2. The van der Waals surface area contributed by atoms with Crippen molar-refractivity contribution in [2.75, 3.05) is 19.4 Å². The molecule has 4 rings (SSSR count). The lowest BCUT2D eigenvalue weighted by Crippen LogP contribution is -2.30. The first-order chi connectivity index (χ1) is 14.2. The average Bonchev–Trinajstić information content (AvgIpc) is 3.35. The summed E-state index contributed by atoms with van der Waals surface area (Å²) in [4.78, 5) is 18.5. The fraction of sp³-hybridized carbons (Fsp3) is 0.238. The van der Waals surface area contributed by atoms with E-state index in [4.69, 9.17) is 9.15 Å². The van der Waals surface area contributed by atoms with Gasteiger partial charge in [0.05, 0.1) is 12.3 Å². The van der Waals surface area contributed by atoms with E-state index in [9.17, 15) is 4.79 Å². The van der Waals surface area contributed by atoms with Crippen LogP contribution in [-0.4, -0.2) is 41.5 Å². The lowest BCUT2D eigenvalue weighted by molar-refractivity contribution is 0.218. The van der Waals surface area contributed by atoms with E-state index < -0.39 is 0 Å². The van der Waals surface area contributed by atoms with Crippen molar-refractivity contribution in [3.8, 4) is 17.2 Å². The van der Waals surface area contributed by atoms with Crippen LogP contribution in [-0.2, 0) is 6.42 Å². The number of ether oxygens (including phenoxy) is 1. The number of para-hydroxylation sites is 1. The zero-order valence-corrected chi connectivity index (χ0v) is 16.7. The number of carbonyl (C=O) groups is 1. The number of benzene rings is 2. The molecule has 2 aromatic carbocycles. The number of oxazole rings is 1. The summed E-state index contributed by atoms with van der Waals surface area (Å²) in [5, 5.41) is 7.58. The van der Waals surface area contributed by atoms with Crippen LogP contribution >= 0.6 is 11.8 Å². The molecule has 0 spiro atoms. The number of rotatable bonds is 8. The number of azo groups is 1. The molecule has 0 aliphatic carbocycles. The molecule has 2 heterocycles. The van der Waals surface area contributed by atoms with E-state index in [0.717, 1.165) is 21.9 Å². The Bertz CT molecular complexity index is 1010. The molecule has 148 valence electrons. The van der Waals surface area contributed by atoms with Gasteiger partial charge in [-0.05, 0) is 24.3 Å². The molecule has 1 aromatic heterocycles. The van der Waals surface area contributed by atoms with Crippen LogP contribution in [0, 0.1) is 0 Å². The van der Waals surface area contributed by atoms with Gasteiger partial charge >= 0.3 is 6.03 Å². The third-order valence-electron chi connectivity index (χ3n) is 4.45. The summed E-state index contributed by atoms with van der Waals surface area (Å²) in [6.07, 6.45) is 2.07. The molecule has 1 atom stereocenters. The fourth-order valence-corrected chi connectivity index (χ4v) is 3.85. The van der Waals surface area contributed by atoms with E-state index in [1.54, 1.807) is 25.1 Å². The van der Waals surface area contributed by atoms with Crippen LogP contribution in [0.25, 0.3) is 11.5 Å². The predicted octanol–water partition coefficient (Wildman–Crippen LogP) is 4.90. The van der Waals surface area contributed by atoms with Gasteiger partial charge in [-0.3, -0.25) is 4.90 Å². The maximum atomic E-state index is 11.4. The third-order valence-corrected chi connectivity index (χ3v) is 5.56. The van der Waals surface area contributed by atoms with Crippen molar-refractivity contribution in [1.82, 2.24) is 9.88 Å². The van der Waals surface area contributed by atoms with Gasteiger partial charge in [0.25, 0.3) is 0 Å². The van der Waals surface area contributed by atoms with Crippen molar-refractivity contribution < 1.29 is 13.9 Å². The van der Waals surface area contributed by atoms with E-state index in [1.807, 2.05) is 54.6 Å². The van der Waals surface area contributed by atoms with Crippen LogP contribution in [0.5, 0.6) is 5.75 Å². The molecule has 8 heteroatoms. The summed E-state index contributed by atoms with van der Waals surface area (Å²) in [6.45, 7) is 0.486. The Balaban J connectivity index is 1.32. The molecular formula is C21H20N4O3S. The molecule has 3 aromatic rings. The minimum atomic E-state index is -0.303. The number of urea groups is 1. The highest BCUT2D eigenvalue weighted by Gasteiger charge is 2.25. The number of amides is 2. The second kappa shape index (κ2) is 8.91. The van der Waals surface area contributed by atoms with Crippen LogP contribution in [0.1, 0.15) is 5.69 Å². The molecule has 0 saturated carbocycles. The Morgan fingerprint density at radius 3 is 2.72 bits per heavy atom. The molecule has 0 radical (unpaired) electrons. The van der Waals surface area contributed by atoms with E-state index in [-0.39, 0.29) is 12.2 Å². The van der Waals surface area contributed by atoms with Crippen LogP contribution in [0.3, 0.4) is 0 Å². The van der Waals surface area contributed by atoms with Gasteiger partial charge in [-0.2, -0.15) is 5.11 Å². The molecule has 2 amide bonds. The summed E-state index contributed by atoms with van der Waals surface area (Å²) < 4.78 is 11.6. The Hall–Kier alpha value is -3.13. The number of hydrogen-bond acceptors (Lipinski definition) is 6. The Morgan fingerprint density at radius 1 is 1.14 bits per heavy atom. The van der Waals surface area contributed by atoms with Gasteiger partial charge in [-0.1, -0.05) is 35.4 Å². The summed E-state index contributed by atoms with van der Waals surface area (Å²) in [5.74, 6) is 2.03. The van der Waals surface area contributed by atoms with E-state index in [2.05, 4.69) is 15.2 Å². The summed E-state index contributed by atoms with van der Waals surface area (Å²) in [5.41, 5.74) is 1.80. The molecule has 29 heavy (non-hydrogen) atoms. The Kier molecular flexibility index (Phi) is 5.90. The average molecular weight is 408 g/mol. The van der Waals surface area contributed by atoms with Crippen molar-refractivity contribution in [2.24, 2.45) is 10.2 Å². The van der Waals surface area contributed by atoms with Gasteiger partial charge in [-0.15, -0.1) is 11.8 Å². The minimum Gasteiger partial charge on any atom is -0.492 e. The van der Waals surface area contributed by atoms with Gasteiger partial charge in [0.2, 0.25) is 5.89 Å². The predicted molar refractivity (Wildman–Crippen MR) is 110 cm³/mol. The largest absolute Gasteiger partial charge is 0.492 e. The lowest BCUT2D eigenvalue weighted by Gasteiger charge is -2.16. The first kappa shape index (κ1) is 19.2. The minimum absolute atomic E-state index is 0.243. The molecular weight excluding hydrogens is 388 g/mol. The SMILES string of the molecule is CN1C(=O)N=NC1CSc1ccccc1OCCc1coc(-c2ccccc2)n1. The fourth-order valence-electron chi connectivity index (χ4n) is 2.79. The van der Waals surface area contributed by atoms with Crippen molar-refractivity contribution >= 4 is 17.8 Å². The van der Waals surface area contributed by atoms with Crippen molar-refractivity contribution in [3.05, 3.63) is 66.6 Å². The molecule has 1 aliphatic rings. The second-order valence-electron chi connectivity index (χ2n) is 6.46. The van der Waals surface area contributed by atoms with Gasteiger partial charge in [0.15, 0.2) is 6.17 Å². The monoisotopic (exact) mass is 408 g/mol. The third kappa shape index (κ3) is 4.65. The van der Waals surface area contributed by atoms with Crippen molar-refractivity contribution in [3.63, 3.8) is 0 Å². The van der Waals surface area contributed by atoms with Gasteiger partial charge in [0.1, 0.15) is 12.0 Å². The quantitative estimate of drug-likeness (QED) is 0.495. The standard InChI is InChI=1S/C21H20N4O3S/c1-25-19(23-24-21(25)26)14-29-18-10-6-5-9-17(18)27-12-11-16-13-28-20(22-16)15-7-3-2-4-8-15/h2-10,13,19H,11-12,14H2,1H3. The first-order valence-electron chi connectivity index (χ1n) is 9.23. The molecule has 0 saturated heterocycles. The van der Waals surface area contributed by atoms with E-state index in [1.165, 1.54) is 4.90 Å². The number of nitrogens with zero attached hydrogens (tertiary/aromatic N) is 4. The van der Waals surface area contributed by atoms with Gasteiger partial charge in [-0.25, -0.2) is 9.78 Å². The Labute approximate surface area is 172 Å². The molecule has 7 nitrogen and oxygen atoms in total. The highest BCUT2D eigenvalue weighted by molar-refractivity contribution is 7.99. The number of thioether (sulfide) groups is 1. The normalized spacial score (nSPS) is 15.8. The lowest BCUT2D eigenvalue weighted by atomic mass is 10.2. The number of aromatic nitrogens is 1. The van der Waals surface area contributed by atoms with E-state index in [0.29, 0.717) is 24.7 Å². The van der Waals surface area contributed by atoms with Gasteiger partial charge < -0.3 is 9.15 Å². The second-order valence-corrected chi connectivity index (χ2v) is 7.52. The van der Waals surface area contributed by atoms with Crippen molar-refractivity contribution in [1.29, 1.82) is 0 Å². The molecule has 0 bridgehead atoms. The van der Waals surface area contributed by atoms with Gasteiger partial charge in [0, 0.05) is 29.7 Å². The van der Waals surface area contributed by atoms with Crippen LogP contribution in [0.4, 0.5) is 4.79 Å². The highest BCUT2D eigenvalue weighted by Crippen LogP contribution is 2.31. The summed E-state index contributed by atoms with van der Waals surface area (Å²) >= 11 is 1.59. The molecule has 0 N–H and O–H groups in total. The molecule has 1 unspecified atom stereocenters. The maximum Gasteiger partial charge on any atom is 0.363 e. The molecule has 1 aliphatic heterocycles. The zero-order valence-electron chi connectivity index (χ0n) is 15.9. The zero-order chi connectivity index (χ0) is 20.1. The summed E-state index contributed by atoms with van der Waals surface area (Å²) in [6, 6.07) is 17.3. The van der Waals surface area contributed by atoms with Crippen LogP contribution < -0.4 is 4.74 Å². The topological polar surface area (TPSA) is 80.3 Å². The maximum absolute atomic E-state index is 11.4. The smallest absolute Gasteiger partial charge is 0.363 e. The number of hydrogen-bond donors (Lipinski definition) is 0. The van der Waals surface area contributed by atoms with Crippen LogP contribution in [0.2, 0.25) is 0 Å². The number of carbonyl (C=O) groups excluding carboxylic acids is 1. The Morgan fingerprint density at radius 2 is 1.93 bits per heavy atom. The van der Waals surface area contributed by atoms with E-state index >= 15 is 0 Å². The van der Waals surface area contributed by atoms with Crippen molar-refractivity contribution in [2.45, 2.75) is 17.5 Å². The molecule has 0 fully saturated rings. The highest BCUT2D eigenvalue weighted by atomic mass is 32.2.